The summed E-state index contributed by atoms with van der Waals surface area (Å²) in [6.45, 7) is 4.34. The molecule has 0 aliphatic carbocycles. The highest BCUT2D eigenvalue weighted by molar-refractivity contribution is 6.42. The largest absolute Gasteiger partial charge is 0.463 e. The van der Waals surface area contributed by atoms with Crippen molar-refractivity contribution < 1.29 is 19.1 Å². The van der Waals surface area contributed by atoms with Crippen LogP contribution in [-0.4, -0.2) is 43.8 Å². The smallest absolute Gasteiger partial charge is 0.338 e. The highest BCUT2D eigenvalue weighted by Gasteiger charge is 2.36. The van der Waals surface area contributed by atoms with Gasteiger partial charge in [0.2, 0.25) is 0 Å². The Bertz CT molecular complexity index is 706. The molecule has 1 aliphatic rings. The highest BCUT2D eigenvalue weighted by Crippen LogP contribution is 2.34. The zero-order valence-corrected chi connectivity index (χ0v) is 15.8. The van der Waals surface area contributed by atoms with Gasteiger partial charge in [0.25, 0.3) is 0 Å². The number of halogens is 2. The first-order valence-electron chi connectivity index (χ1n) is 7.80. The van der Waals surface area contributed by atoms with Gasteiger partial charge in [0.05, 0.1) is 41.4 Å². The van der Waals surface area contributed by atoms with Gasteiger partial charge in [0.15, 0.2) is 0 Å². The van der Waals surface area contributed by atoms with Crippen LogP contribution >= 0.6 is 23.2 Å². The lowest BCUT2D eigenvalue weighted by Gasteiger charge is -2.35. The van der Waals surface area contributed by atoms with Gasteiger partial charge in [-0.1, -0.05) is 29.3 Å². The fourth-order valence-electron chi connectivity index (χ4n) is 2.65. The molecule has 0 saturated carbocycles. The van der Waals surface area contributed by atoms with Crippen molar-refractivity contribution in [2.24, 2.45) is 0 Å². The van der Waals surface area contributed by atoms with Gasteiger partial charge >= 0.3 is 12.0 Å². The first kappa shape index (κ1) is 19.6. The van der Waals surface area contributed by atoms with Crippen molar-refractivity contribution in [3.8, 4) is 0 Å². The van der Waals surface area contributed by atoms with E-state index < -0.39 is 12.0 Å². The number of benzene rings is 1. The number of esters is 1. The molecule has 8 heteroatoms. The van der Waals surface area contributed by atoms with Crippen molar-refractivity contribution >= 4 is 35.2 Å². The summed E-state index contributed by atoms with van der Waals surface area (Å²) in [6.07, 6.45) is 0. The molecule has 1 atom stereocenters. The second-order valence-electron chi connectivity index (χ2n) is 5.42. The maximum Gasteiger partial charge on any atom is 0.338 e. The minimum atomic E-state index is -0.667. The molecule has 1 aromatic rings. The number of nitrogens with zero attached hydrogens (tertiary/aromatic N) is 1. The van der Waals surface area contributed by atoms with Crippen molar-refractivity contribution in [3.63, 3.8) is 0 Å². The number of methoxy groups -OCH3 is 1. The van der Waals surface area contributed by atoms with Crippen LogP contribution in [0.15, 0.2) is 29.5 Å². The molecule has 0 fully saturated rings. The summed E-state index contributed by atoms with van der Waals surface area (Å²) in [5, 5.41) is 3.57. The molecule has 0 bridgehead atoms. The Morgan fingerprint density at radius 2 is 2.04 bits per heavy atom. The summed E-state index contributed by atoms with van der Waals surface area (Å²) < 4.78 is 10.2. The number of hydrogen-bond acceptors (Lipinski definition) is 4. The average Bonchev–Trinajstić information content (AvgIpc) is 2.56. The number of amides is 2. The van der Waals surface area contributed by atoms with Gasteiger partial charge in [-0.15, -0.1) is 0 Å². The highest BCUT2D eigenvalue weighted by atomic mass is 35.5. The molecule has 1 aromatic carbocycles. The predicted octanol–water partition coefficient (Wildman–Crippen LogP) is 3.54. The van der Waals surface area contributed by atoms with Gasteiger partial charge in [-0.05, 0) is 31.5 Å². The number of urea groups is 1. The van der Waals surface area contributed by atoms with Crippen molar-refractivity contribution in [3.05, 3.63) is 45.1 Å². The van der Waals surface area contributed by atoms with E-state index in [1.165, 1.54) is 4.90 Å². The van der Waals surface area contributed by atoms with Gasteiger partial charge in [0, 0.05) is 12.8 Å². The van der Waals surface area contributed by atoms with E-state index in [0.29, 0.717) is 40.0 Å². The van der Waals surface area contributed by atoms with Crippen LogP contribution in [0.1, 0.15) is 25.5 Å². The maximum atomic E-state index is 12.5. The Balaban J connectivity index is 2.49. The van der Waals surface area contributed by atoms with Crippen LogP contribution in [0, 0.1) is 0 Å². The van der Waals surface area contributed by atoms with E-state index in [1.54, 1.807) is 39.2 Å². The lowest BCUT2D eigenvalue weighted by Crippen LogP contribution is -2.49. The average molecular weight is 387 g/mol. The zero-order valence-electron chi connectivity index (χ0n) is 14.3. The maximum absolute atomic E-state index is 12.5. The third kappa shape index (κ3) is 4.26. The van der Waals surface area contributed by atoms with Crippen molar-refractivity contribution in [1.29, 1.82) is 0 Å². The molecule has 136 valence electrons. The van der Waals surface area contributed by atoms with E-state index >= 15 is 0 Å². The Hall–Kier alpha value is -1.76. The first-order chi connectivity index (χ1) is 11.9. The van der Waals surface area contributed by atoms with Gasteiger partial charge in [-0.3, -0.25) is 4.90 Å². The van der Waals surface area contributed by atoms with Crippen molar-refractivity contribution in [1.82, 2.24) is 10.2 Å². The summed E-state index contributed by atoms with van der Waals surface area (Å²) in [4.78, 5) is 26.5. The third-order valence-electron chi connectivity index (χ3n) is 3.89. The minimum Gasteiger partial charge on any atom is -0.463 e. The number of carbonyl (C=O) groups is 2. The van der Waals surface area contributed by atoms with Crippen LogP contribution in [0.4, 0.5) is 4.79 Å². The number of ether oxygens (including phenoxy) is 2. The van der Waals surface area contributed by atoms with Crippen molar-refractivity contribution in [2.75, 3.05) is 26.9 Å². The zero-order chi connectivity index (χ0) is 18.6. The summed E-state index contributed by atoms with van der Waals surface area (Å²) in [5.74, 6) is -0.488. The molecule has 1 aliphatic heterocycles. The van der Waals surface area contributed by atoms with Crippen LogP contribution < -0.4 is 5.32 Å². The van der Waals surface area contributed by atoms with E-state index in [2.05, 4.69) is 5.32 Å². The predicted molar refractivity (Wildman–Crippen MR) is 95.6 cm³/mol. The van der Waals surface area contributed by atoms with Crippen LogP contribution in [0.2, 0.25) is 10.0 Å². The molecule has 0 radical (unpaired) electrons. The van der Waals surface area contributed by atoms with E-state index in [-0.39, 0.29) is 12.6 Å². The first-order valence-corrected chi connectivity index (χ1v) is 8.56. The van der Waals surface area contributed by atoms with Gasteiger partial charge in [0.1, 0.15) is 0 Å². The quantitative estimate of drug-likeness (QED) is 0.759. The number of allylic oxidation sites excluding steroid dienone is 1. The topological polar surface area (TPSA) is 67.9 Å². The fourth-order valence-corrected chi connectivity index (χ4v) is 2.95. The number of carbonyl (C=O) groups excluding carboxylic acids is 2. The normalized spacial score (nSPS) is 17.6. The molecular weight excluding hydrogens is 367 g/mol. The fraction of sp³-hybridized carbons (Fsp3) is 0.412. The summed E-state index contributed by atoms with van der Waals surface area (Å²) in [5.41, 5.74) is 1.53. The number of nitrogens with one attached hydrogen (secondary N) is 1. The second kappa shape index (κ2) is 8.56. The van der Waals surface area contributed by atoms with Crippen LogP contribution in [0.5, 0.6) is 0 Å². The van der Waals surface area contributed by atoms with Gasteiger partial charge in [-0.25, -0.2) is 9.59 Å². The van der Waals surface area contributed by atoms with Crippen molar-refractivity contribution in [2.45, 2.75) is 19.9 Å². The SMILES string of the molecule is CCOC(=O)C1=C(C)N(CCOC)C(=O)NC1c1ccc(Cl)c(Cl)c1. The number of rotatable bonds is 6. The molecule has 0 spiro atoms. The Morgan fingerprint density at radius 1 is 1.32 bits per heavy atom. The van der Waals surface area contributed by atoms with Gasteiger partial charge < -0.3 is 14.8 Å². The lowest BCUT2D eigenvalue weighted by atomic mass is 9.95. The molecule has 25 heavy (non-hydrogen) atoms. The molecule has 0 saturated heterocycles. The Labute approximate surface area is 156 Å². The Kier molecular flexibility index (Phi) is 6.70. The Morgan fingerprint density at radius 3 is 2.64 bits per heavy atom. The van der Waals surface area contributed by atoms with E-state index in [4.69, 9.17) is 32.7 Å². The minimum absolute atomic E-state index is 0.232. The molecule has 1 N–H and O–H groups in total. The van der Waals surface area contributed by atoms with Crippen LogP contribution in [0.25, 0.3) is 0 Å². The monoisotopic (exact) mass is 386 g/mol. The molecule has 1 heterocycles. The standard InChI is InChI=1S/C17H20Cl2N2O4/c1-4-25-16(22)14-10(2)21(7-8-24-3)17(23)20-15(14)11-5-6-12(18)13(19)9-11/h5-6,9,15H,4,7-8H2,1-3H3,(H,20,23). The van der Waals surface area contributed by atoms with E-state index in [1.807, 2.05) is 0 Å². The summed E-state index contributed by atoms with van der Waals surface area (Å²) >= 11 is 12.0. The molecule has 2 rings (SSSR count). The third-order valence-corrected chi connectivity index (χ3v) is 4.63. The van der Waals surface area contributed by atoms with Gasteiger partial charge in [-0.2, -0.15) is 0 Å². The lowest BCUT2D eigenvalue weighted by molar-refractivity contribution is -0.139. The molecule has 2 amide bonds. The molecular formula is C17H20Cl2N2O4. The molecule has 6 nitrogen and oxygen atoms in total. The second-order valence-corrected chi connectivity index (χ2v) is 6.23. The summed E-state index contributed by atoms with van der Waals surface area (Å²) in [6, 6.07) is 3.99. The van der Waals surface area contributed by atoms with Crippen LogP contribution in [0.3, 0.4) is 0 Å². The molecule has 0 aromatic heterocycles. The van der Waals surface area contributed by atoms with Crippen LogP contribution in [-0.2, 0) is 14.3 Å². The van der Waals surface area contributed by atoms with E-state index in [0.717, 1.165) is 0 Å². The summed E-state index contributed by atoms with van der Waals surface area (Å²) in [7, 11) is 1.55. The van der Waals surface area contributed by atoms with E-state index in [9.17, 15) is 9.59 Å². The molecule has 1 unspecified atom stereocenters. The number of hydrogen-bond donors (Lipinski definition) is 1.